The Kier molecular flexibility index (Phi) is 3.30. The summed E-state index contributed by atoms with van der Waals surface area (Å²) in [5, 5.41) is 6.79. The summed E-state index contributed by atoms with van der Waals surface area (Å²) in [7, 11) is 0. The molecule has 1 amide bonds. The van der Waals surface area contributed by atoms with Gasteiger partial charge in [-0.25, -0.2) is 0 Å². The summed E-state index contributed by atoms with van der Waals surface area (Å²) in [6.07, 6.45) is 3.84. The van der Waals surface area contributed by atoms with Crippen LogP contribution in [0.5, 0.6) is 0 Å². The lowest BCUT2D eigenvalue weighted by atomic mass is 10.1. The third kappa shape index (κ3) is 2.59. The van der Waals surface area contributed by atoms with Gasteiger partial charge in [-0.15, -0.1) is 0 Å². The van der Waals surface area contributed by atoms with Gasteiger partial charge in [-0.2, -0.15) is 5.10 Å². The molecule has 1 fully saturated rings. The van der Waals surface area contributed by atoms with E-state index in [1.54, 1.807) is 6.20 Å². The fourth-order valence-electron chi connectivity index (χ4n) is 2.48. The zero-order chi connectivity index (χ0) is 14.1. The molecule has 20 heavy (non-hydrogen) atoms. The molecule has 1 N–H and O–H groups in total. The predicted molar refractivity (Wildman–Crippen MR) is 77.4 cm³/mol. The van der Waals surface area contributed by atoms with Gasteiger partial charge in [0.05, 0.1) is 11.8 Å². The average Bonchev–Trinajstić information content (AvgIpc) is 3.17. The maximum atomic E-state index is 12.7. The highest BCUT2D eigenvalue weighted by molar-refractivity contribution is 5.95. The fraction of sp³-hybridized carbons (Fsp3) is 0.375. The maximum Gasteiger partial charge on any atom is 0.257 e. The Bertz CT molecular complexity index is 628. The van der Waals surface area contributed by atoms with Crippen LogP contribution < -0.4 is 0 Å². The number of H-pyrrole nitrogens is 1. The van der Waals surface area contributed by atoms with Crippen LogP contribution >= 0.6 is 0 Å². The van der Waals surface area contributed by atoms with Gasteiger partial charge < -0.3 is 4.90 Å². The van der Waals surface area contributed by atoms with E-state index in [9.17, 15) is 4.79 Å². The molecule has 1 aliphatic carbocycles. The van der Waals surface area contributed by atoms with Gasteiger partial charge in [-0.1, -0.05) is 29.8 Å². The van der Waals surface area contributed by atoms with Crippen LogP contribution in [-0.2, 0) is 6.54 Å². The number of aromatic nitrogens is 2. The third-order valence-electron chi connectivity index (χ3n) is 3.74. The zero-order valence-corrected chi connectivity index (χ0v) is 11.9. The summed E-state index contributed by atoms with van der Waals surface area (Å²) < 4.78 is 0. The minimum absolute atomic E-state index is 0.0836. The Labute approximate surface area is 118 Å². The van der Waals surface area contributed by atoms with E-state index >= 15 is 0 Å². The van der Waals surface area contributed by atoms with Crippen molar-refractivity contribution in [3.8, 4) is 0 Å². The number of carbonyl (C=O) groups is 1. The number of nitrogens with zero attached hydrogens (tertiary/aromatic N) is 2. The van der Waals surface area contributed by atoms with Gasteiger partial charge in [0.1, 0.15) is 0 Å². The second kappa shape index (κ2) is 5.12. The summed E-state index contributed by atoms with van der Waals surface area (Å²) in [5.41, 5.74) is 3.94. The quantitative estimate of drug-likeness (QED) is 0.927. The summed E-state index contributed by atoms with van der Waals surface area (Å²) in [6.45, 7) is 4.64. The van der Waals surface area contributed by atoms with Crippen LogP contribution in [-0.4, -0.2) is 27.0 Å². The second-order valence-electron chi connectivity index (χ2n) is 5.56. The summed E-state index contributed by atoms with van der Waals surface area (Å²) in [6, 6.07) is 8.73. The summed E-state index contributed by atoms with van der Waals surface area (Å²) >= 11 is 0. The van der Waals surface area contributed by atoms with Gasteiger partial charge in [0, 0.05) is 18.3 Å². The number of aryl methyl sites for hydroxylation is 2. The molecule has 4 heteroatoms. The monoisotopic (exact) mass is 269 g/mol. The largest absolute Gasteiger partial charge is 0.331 e. The molecule has 1 heterocycles. The van der Waals surface area contributed by atoms with Gasteiger partial charge in [0.25, 0.3) is 5.91 Å². The van der Waals surface area contributed by atoms with Gasteiger partial charge >= 0.3 is 0 Å². The van der Waals surface area contributed by atoms with E-state index in [1.165, 1.54) is 11.1 Å². The van der Waals surface area contributed by atoms with E-state index in [1.807, 2.05) is 17.9 Å². The lowest BCUT2D eigenvalue weighted by molar-refractivity contribution is 0.0729. The summed E-state index contributed by atoms with van der Waals surface area (Å²) in [5.74, 6) is 0.0836. The number of carbonyl (C=O) groups excluding carboxylic acids is 1. The lowest BCUT2D eigenvalue weighted by Gasteiger charge is -2.22. The van der Waals surface area contributed by atoms with Crippen LogP contribution in [0.15, 0.2) is 30.5 Å². The van der Waals surface area contributed by atoms with E-state index in [-0.39, 0.29) is 5.91 Å². The number of hydrogen-bond donors (Lipinski definition) is 1. The molecule has 0 unspecified atom stereocenters. The normalized spacial score (nSPS) is 14.3. The molecule has 0 atom stereocenters. The van der Waals surface area contributed by atoms with Crippen LogP contribution in [0.3, 0.4) is 0 Å². The first kappa shape index (κ1) is 12.9. The number of aromatic amines is 1. The van der Waals surface area contributed by atoms with Gasteiger partial charge in [-0.05, 0) is 32.3 Å². The van der Waals surface area contributed by atoms with Crippen molar-refractivity contribution in [1.29, 1.82) is 0 Å². The molecule has 104 valence electrons. The molecule has 1 saturated carbocycles. The van der Waals surface area contributed by atoms with Crippen LogP contribution in [0, 0.1) is 13.8 Å². The first-order valence-electron chi connectivity index (χ1n) is 7.01. The van der Waals surface area contributed by atoms with Crippen LogP contribution in [0.1, 0.15) is 40.0 Å². The van der Waals surface area contributed by atoms with Crippen molar-refractivity contribution in [3.05, 3.63) is 52.8 Å². The smallest absolute Gasteiger partial charge is 0.257 e. The van der Waals surface area contributed by atoms with Crippen molar-refractivity contribution in [1.82, 2.24) is 15.1 Å². The van der Waals surface area contributed by atoms with Gasteiger partial charge in [0.15, 0.2) is 0 Å². The molecule has 0 bridgehead atoms. The first-order chi connectivity index (χ1) is 9.65. The maximum absolute atomic E-state index is 12.7. The molecule has 3 rings (SSSR count). The number of hydrogen-bond acceptors (Lipinski definition) is 2. The van der Waals surface area contributed by atoms with E-state index in [4.69, 9.17) is 0 Å². The van der Waals surface area contributed by atoms with Crippen LogP contribution in [0.4, 0.5) is 0 Å². The van der Waals surface area contributed by atoms with E-state index in [0.717, 1.165) is 18.5 Å². The van der Waals surface area contributed by atoms with Crippen molar-refractivity contribution < 1.29 is 4.79 Å². The summed E-state index contributed by atoms with van der Waals surface area (Å²) in [4.78, 5) is 14.6. The second-order valence-corrected chi connectivity index (χ2v) is 5.56. The van der Waals surface area contributed by atoms with Crippen molar-refractivity contribution in [2.24, 2.45) is 0 Å². The van der Waals surface area contributed by atoms with Crippen molar-refractivity contribution in [2.75, 3.05) is 0 Å². The van der Waals surface area contributed by atoms with Gasteiger partial charge in [-0.3, -0.25) is 9.89 Å². The van der Waals surface area contributed by atoms with Gasteiger partial charge in [0.2, 0.25) is 0 Å². The molecule has 2 aromatic rings. The SMILES string of the molecule is Cc1cccc(CN(C(=O)c2cn[nH]c2C)C2CC2)c1. The third-order valence-corrected chi connectivity index (χ3v) is 3.74. The topological polar surface area (TPSA) is 49.0 Å². The van der Waals surface area contributed by atoms with Crippen molar-refractivity contribution >= 4 is 5.91 Å². The molecule has 0 spiro atoms. The Morgan fingerprint density at radius 1 is 1.40 bits per heavy atom. The molecular weight excluding hydrogens is 250 g/mol. The molecular formula is C16H19N3O. The number of benzene rings is 1. The first-order valence-corrected chi connectivity index (χ1v) is 7.01. The molecule has 1 aromatic heterocycles. The Morgan fingerprint density at radius 3 is 2.80 bits per heavy atom. The fourth-order valence-corrected chi connectivity index (χ4v) is 2.48. The minimum Gasteiger partial charge on any atom is -0.331 e. The number of amides is 1. The highest BCUT2D eigenvalue weighted by Gasteiger charge is 2.33. The van der Waals surface area contributed by atoms with Crippen molar-refractivity contribution in [3.63, 3.8) is 0 Å². The highest BCUT2D eigenvalue weighted by Crippen LogP contribution is 2.30. The Morgan fingerprint density at radius 2 is 2.20 bits per heavy atom. The highest BCUT2D eigenvalue weighted by atomic mass is 16.2. The molecule has 0 radical (unpaired) electrons. The van der Waals surface area contributed by atoms with E-state index in [0.29, 0.717) is 18.2 Å². The number of rotatable bonds is 4. The minimum atomic E-state index is 0.0836. The lowest BCUT2D eigenvalue weighted by Crippen LogP contribution is -2.32. The molecule has 0 saturated heterocycles. The number of nitrogens with one attached hydrogen (secondary N) is 1. The standard InChI is InChI=1S/C16H19N3O/c1-11-4-3-5-13(8-11)10-19(14-6-7-14)16(20)15-9-17-18-12(15)2/h3-5,8-9,14H,6-7,10H2,1-2H3,(H,17,18). The predicted octanol–water partition coefficient (Wildman–Crippen LogP) is 2.83. The molecule has 4 nitrogen and oxygen atoms in total. The van der Waals surface area contributed by atoms with Crippen LogP contribution in [0.25, 0.3) is 0 Å². The molecule has 1 aliphatic rings. The molecule has 0 aliphatic heterocycles. The molecule has 1 aromatic carbocycles. The Hall–Kier alpha value is -2.10. The van der Waals surface area contributed by atoms with Crippen molar-refractivity contribution in [2.45, 2.75) is 39.3 Å². The zero-order valence-electron chi connectivity index (χ0n) is 11.9. The Balaban J connectivity index is 1.83. The average molecular weight is 269 g/mol. The van der Waals surface area contributed by atoms with E-state index in [2.05, 4.69) is 35.3 Å². The van der Waals surface area contributed by atoms with Crippen LogP contribution in [0.2, 0.25) is 0 Å². The van der Waals surface area contributed by atoms with E-state index < -0.39 is 0 Å².